The largest absolute Gasteiger partial charge is 0.382 e. The Hall–Kier alpha value is -1.63. The molecule has 1 N–H and O–H groups in total. The molecule has 2 aliphatic rings. The van der Waals surface area contributed by atoms with E-state index in [0.29, 0.717) is 71.5 Å². The number of carbonyl (C=O) groups is 2. The molecule has 2 fully saturated rings. The van der Waals surface area contributed by atoms with E-state index in [0.717, 1.165) is 17.8 Å². The third-order valence-electron chi connectivity index (χ3n) is 5.25. The first-order valence-electron chi connectivity index (χ1n) is 10.7. The van der Waals surface area contributed by atoms with Crippen LogP contribution in [0.3, 0.4) is 0 Å². The molecular formula is C20H32N4O6S. The summed E-state index contributed by atoms with van der Waals surface area (Å²) < 4.78 is 20.9. The Morgan fingerprint density at radius 3 is 2.58 bits per heavy atom. The molecule has 0 unspecified atom stereocenters. The van der Waals surface area contributed by atoms with Gasteiger partial charge in [-0.15, -0.1) is 11.3 Å². The average Bonchev–Trinajstić information content (AvgIpc) is 3.30. The van der Waals surface area contributed by atoms with Crippen LogP contribution in [-0.4, -0.2) is 106 Å². The van der Waals surface area contributed by atoms with Gasteiger partial charge >= 0.3 is 0 Å². The van der Waals surface area contributed by atoms with Gasteiger partial charge < -0.3 is 23.8 Å². The number of hydrazine groups is 1. The summed E-state index contributed by atoms with van der Waals surface area (Å²) in [6, 6.07) is 0. The molecule has 3 heterocycles. The summed E-state index contributed by atoms with van der Waals surface area (Å²) in [7, 11) is 1.62. The smallest absolute Gasteiger partial charge is 0.285 e. The van der Waals surface area contributed by atoms with Gasteiger partial charge in [0, 0.05) is 44.6 Å². The zero-order valence-electron chi connectivity index (χ0n) is 18.0. The van der Waals surface area contributed by atoms with Crippen molar-refractivity contribution in [2.75, 3.05) is 79.5 Å². The Labute approximate surface area is 186 Å². The zero-order chi connectivity index (χ0) is 21.9. The lowest BCUT2D eigenvalue weighted by molar-refractivity contribution is -0.137. The molecule has 0 spiro atoms. The Morgan fingerprint density at radius 1 is 1.13 bits per heavy atom. The first kappa shape index (κ1) is 24.0. The van der Waals surface area contributed by atoms with Gasteiger partial charge in [0.15, 0.2) is 0 Å². The Morgan fingerprint density at radius 2 is 1.84 bits per heavy atom. The minimum atomic E-state index is -0.180. The van der Waals surface area contributed by atoms with Gasteiger partial charge in [0.25, 0.3) is 5.91 Å². The molecule has 11 heteroatoms. The standard InChI is InChI=1S/C20H32N4O6S/c1-27-10-11-29-12-13-30-14-18(25)23-4-2-16(3-5-23)20-21-17(15-31-20)19(26)22-24-6-8-28-9-7-24/h15-16H,2-14H2,1H3,(H,22,26). The second-order valence-electron chi connectivity index (χ2n) is 7.42. The molecule has 0 radical (unpaired) electrons. The van der Waals surface area contributed by atoms with Crippen LogP contribution in [0.15, 0.2) is 5.38 Å². The fourth-order valence-corrected chi connectivity index (χ4v) is 4.42. The van der Waals surface area contributed by atoms with E-state index in [-0.39, 0.29) is 24.3 Å². The fraction of sp³-hybridized carbons (Fsp3) is 0.750. The molecule has 0 aliphatic carbocycles. The van der Waals surface area contributed by atoms with E-state index >= 15 is 0 Å². The molecule has 2 aliphatic heterocycles. The number of nitrogens with zero attached hydrogens (tertiary/aromatic N) is 3. The third-order valence-corrected chi connectivity index (χ3v) is 6.26. The van der Waals surface area contributed by atoms with Crippen molar-refractivity contribution >= 4 is 23.2 Å². The van der Waals surface area contributed by atoms with Crippen LogP contribution in [0.25, 0.3) is 0 Å². The number of carbonyl (C=O) groups excluding carboxylic acids is 2. The summed E-state index contributed by atoms with van der Waals surface area (Å²) in [6.07, 6.45) is 1.67. The first-order valence-corrected chi connectivity index (χ1v) is 11.6. The Kier molecular flexibility index (Phi) is 10.1. The minimum absolute atomic E-state index is 0.0000539. The number of rotatable bonds is 11. The summed E-state index contributed by atoms with van der Waals surface area (Å²) in [6.45, 7) is 5.92. The van der Waals surface area contributed by atoms with Gasteiger partial charge in [-0.2, -0.15) is 0 Å². The molecule has 174 valence electrons. The second kappa shape index (κ2) is 13.0. The number of hydrogen-bond donors (Lipinski definition) is 1. The maximum atomic E-state index is 12.4. The molecule has 31 heavy (non-hydrogen) atoms. The van der Waals surface area contributed by atoms with E-state index in [2.05, 4.69) is 10.4 Å². The number of methoxy groups -OCH3 is 1. The predicted molar refractivity (Wildman–Crippen MR) is 114 cm³/mol. The SMILES string of the molecule is COCCOCCOCC(=O)N1CCC(c2nc(C(=O)NN3CCOCC3)cs2)CC1. The van der Waals surface area contributed by atoms with E-state index in [1.165, 1.54) is 11.3 Å². The molecule has 10 nitrogen and oxygen atoms in total. The van der Waals surface area contributed by atoms with Crippen LogP contribution in [0.4, 0.5) is 0 Å². The van der Waals surface area contributed by atoms with Gasteiger partial charge in [0.2, 0.25) is 5.91 Å². The van der Waals surface area contributed by atoms with Crippen LogP contribution in [-0.2, 0) is 23.7 Å². The molecule has 1 aromatic heterocycles. The van der Waals surface area contributed by atoms with Crippen LogP contribution in [0.1, 0.15) is 34.3 Å². The van der Waals surface area contributed by atoms with Crippen molar-refractivity contribution in [1.82, 2.24) is 20.3 Å². The lowest BCUT2D eigenvalue weighted by atomic mass is 9.97. The molecule has 1 aromatic rings. The van der Waals surface area contributed by atoms with E-state index in [4.69, 9.17) is 18.9 Å². The van der Waals surface area contributed by atoms with Crippen LogP contribution in [0.5, 0.6) is 0 Å². The van der Waals surface area contributed by atoms with Crippen LogP contribution in [0, 0.1) is 0 Å². The highest BCUT2D eigenvalue weighted by atomic mass is 32.1. The van der Waals surface area contributed by atoms with Crippen molar-refractivity contribution in [1.29, 1.82) is 0 Å². The van der Waals surface area contributed by atoms with Crippen molar-refractivity contribution < 1.29 is 28.5 Å². The monoisotopic (exact) mass is 456 g/mol. The fourth-order valence-electron chi connectivity index (χ4n) is 3.44. The van der Waals surface area contributed by atoms with Gasteiger partial charge in [-0.25, -0.2) is 9.99 Å². The maximum Gasteiger partial charge on any atom is 0.285 e. The van der Waals surface area contributed by atoms with Crippen molar-refractivity contribution in [3.8, 4) is 0 Å². The van der Waals surface area contributed by atoms with Crippen molar-refractivity contribution in [2.45, 2.75) is 18.8 Å². The van der Waals surface area contributed by atoms with Gasteiger partial charge in [-0.05, 0) is 12.8 Å². The van der Waals surface area contributed by atoms with Crippen molar-refractivity contribution in [2.24, 2.45) is 0 Å². The number of likely N-dealkylation sites (tertiary alicyclic amines) is 1. The highest BCUT2D eigenvalue weighted by Gasteiger charge is 2.26. The summed E-state index contributed by atoms with van der Waals surface area (Å²) >= 11 is 1.51. The molecule has 2 saturated heterocycles. The first-order chi connectivity index (χ1) is 15.2. The highest BCUT2D eigenvalue weighted by molar-refractivity contribution is 7.09. The van der Waals surface area contributed by atoms with Gasteiger partial charge in [-0.1, -0.05) is 0 Å². The third kappa shape index (κ3) is 7.78. The molecule has 0 saturated carbocycles. The molecule has 2 amide bonds. The molecule has 0 aromatic carbocycles. The molecule has 3 rings (SSSR count). The van der Waals surface area contributed by atoms with E-state index in [9.17, 15) is 9.59 Å². The Bertz CT molecular complexity index is 689. The summed E-state index contributed by atoms with van der Waals surface area (Å²) in [5.74, 6) is 0.0921. The number of piperidine rings is 1. The van der Waals surface area contributed by atoms with Gasteiger partial charge in [-0.3, -0.25) is 15.0 Å². The van der Waals surface area contributed by atoms with E-state index < -0.39 is 0 Å². The maximum absolute atomic E-state index is 12.4. The summed E-state index contributed by atoms with van der Waals surface area (Å²) in [5, 5.41) is 4.64. The number of nitrogens with one attached hydrogen (secondary N) is 1. The highest BCUT2D eigenvalue weighted by Crippen LogP contribution is 2.30. The number of ether oxygens (including phenoxy) is 4. The quantitative estimate of drug-likeness (QED) is 0.481. The number of amides is 2. The zero-order valence-corrected chi connectivity index (χ0v) is 18.9. The number of thiazole rings is 1. The average molecular weight is 457 g/mol. The number of hydrogen-bond acceptors (Lipinski definition) is 9. The molecule has 0 atom stereocenters. The lowest BCUT2D eigenvalue weighted by Gasteiger charge is -2.31. The predicted octanol–water partition coefficient (Wildman–Crippen LogP) is 0.506. The van der Waals surface area contributed by atoms with Crippen molar-refractivity contribution in [3.63, 3.8) is 0 Å². The van der Waals surface area contributed by atoms with Gasteiger partial charge in [0.1, 0.15) is 12.3 Å². The minimum Gasteiger partial charge on any atom is -0.382 e. The van der Waals surface area contributed by atoms with Gasteiger partial charge in [0.05, 0.1) is 44.6 Å². The molecular weight excluding hydrogens is 424 g/mol. The number of aromatic nitrogens is 1. The van der Waals surface area contributed by atoms with Crippen molar-refractivity contribution in [3.05, 3.63) is 16.1 Å². The van der Waals surface area contributed by atoms with Crippen LogP contribution in [0.2, 0.25) is 0 Å². The Balaban J connectivity index is 1.35. The summed E-state index contributed by atoms with van der Waals surface area (Å²) in [5.41, 5.74) is 3.34. The summed E-state index contributed by atoms with van der Waals surface area (Å²) in [4.78, 5) is 31.1. The topological polar surface area (TPSA) is 102 Å². The lowest BCUT2D eigenvalue weighted by Crippen LogP contribution is -2.48. The normalized spacial score (nSPS) is 18.3. The van der Waals surface area contributed by atoms with E-state index in [1.54, 1.807) is 7.11 Å². The molecule has 0 bridgehead atoms. The number of morpholine rings is 1. The van der Waals surface area contributed by atoms with Crippen LogP contribution >= 0.6 is 11.3 Å². The van der Waals surface area contributed by atoms with Crippen LogP contribution < -0.4 is 5.43 Å². The van der Waals surface area contributed by atoms with E-state index in [1.807, 2.05) is 15.3 Å². The second-order valence-corrected chi connectivity index (χ2v) is 8.31.